The highest BCUT2D eigenvalue weighted by Crippen LogP contribution is 2.23. The van der Waals surface area contributed by atoms with E-state index in [0.29, 0.717) is 30.9 Å². The summed E-state index contributed by atoms with van der Waals surface area (Å²) in [6.07, 6.45) is 3.44. The second kappa shape index (κ2) is 13.1. The number of morpholine rings is 1. The lowest BCUT2D eigenvalue weighted by Gasteiger charge is -2.33. The summed E-state index contributed by atoms with van der Waals surface area (Å²) in [5.74, 6) is 6.63. The van der Waals surface area contributed by atoms with E-state index in [2.05, 4.69) is 54.7 Å². The molecule has 0 saturated carbocycles. The van der Waals surface area contributed by atoms with Gasteiger partial charge in [-0.25, -0.2) is 5.84 Å². The Hall–Kier alpha value is -3.61. The Morgan fingerprint density at radius 3 is 2.59 bits per heavy atom. The number of carboxylic acid groups (broad SMARTS) is 1. The topological polar surface area (TPSA) is 158 Å². The van der Waals surface area contributed by atoms with Crippen LogP contribution in [0.25, 0.3) is 0 Å². The number of nitrogens with one attached hydrogen (secondary N) is 2. The first-order valence-corrected chi connectivity index (χ1v) is 12.6. The molecule has 2 saturated heterocycles. The highest BCUT2D eigenvalue weighted by Gasteiger charge is 2.21. The molecule has 2 fully saturated rings. The number of ether oxygens (including phenoxy) is 1. The maximum absolute atomic E-state index is 10.8. The van der Waals surface area contributed by atoms with E-state index in [0.717, 1.165) is 62.2 Å². The molecule has 0 bridgehead atoms. The molecule has 7 N–H and O–H groups in total. The van der Waals surface area contributed by atoms with Crippen LogP contribution in [0.15, 0.2) is 48.3 Å². The Morgan fingerprint density at radius 1 is 1.16 bits per heavy atom. The largest absolute Gasteiger partial charge is 0.480 e. The number of hydrogen-bond donors (Lipinski definition) is 5. The molecule has 0 unspecified atom stereocenters. The average molecular weight is 512 g/mol. The fourth-order valence-corrected chi connectivity index (χ4v) is 4.47. The zero-order valence-electron chi connectivity index (χ0n) is 21.1. The SMILES string of the molecule is N/C(=C\N(N)CC(=O)O)CNc1nc(NC2CCN(Cc3ccccc3)CC2)cc(N2CCOCC2)n1. The Bertz CT molecular complexity index is 1040. The lowest BCUT2D eigenvalue weighted by Crippen LogP contribution is -2.39. The van der Waals surface area contributed by atoms with E-state index in [1.807, 2.05) is 12.1 Å². The van der Waals surface area contributed by atoms with E-state index in [9.17, 15) is 4.79 Å². The number of hydrazine groups is 1. The van der Waals surface area contributed by atoms with E-state index >= 15 is 0 Å². The number of aromatic nitrogens is 2. The highest BCUT2D eigenvalue weighted by molar-refractivity contribution is 5.69. The Labute approximate surface area is 217 Å². The molecule has 12 nitrogen and oxygen atoms in total. The molecule has 2 aliphatic heterocycles. The van der Waals surface area contributed by atoms with Gasteiger partial charge in [0.1, 0.15) is 18.2 Å². The van der Waals surface area contributed by atoms with Crippen LogP contribution in [0.1, 0.15) is 18.4 Å². The lowest BCUT2D eigenvalue weighted by molar-refractivity contribution is -0.137. The molecule has 2 aliphatic rings. The maximum Gasteiger partial charge on any atom is 0.324 e. The molecule has 200 valence electrons. The number of aliphatic carboxylic acids is 1. The van der Waals surface area contributed by atoms with Crippen LogP contribution in [0.5, 0.6) is 0 Å². The summed E-state index contributed by atoms with van der Waals surface area (Å²) in [7, 11) is 0. The quantitative estimate of drug-likeness (QED) is 0.214. The number of hydrogen-bond acceptors (Lipinski definition) is 11. The second-order valence-electron chi connectivity index (χ2n) is 9.34. The second-order valence-corrected chi connectivity index (χ2v) is 9.34. The van der Waals surface area contributed by atoms with E-state index < -0.39 is 5.97 Å². The van der Waals surface area contributed by atoms with Crippen molar-refractivity contribution in [2.75, 3.05) is 68.0 Å². The molecule has 0 amide bonds. The fourth-order valence-electron chi connectivity index (χ4n) is 4.47. The van der Waals surface area contributed by atoms with Gasteiger partial charge in [-0.1, -0.05) is 30.3 Å². The summed E-state index contributed by atoms with van der Waals surface area (Å²) in [6, 6.07) is 12.9. The van der Waals surface area contributed by atoms with E-state index in [1.165, 1.54) is 11.8 Å². The van der Waals surface area contributed by atoms with Gasteiger partial charge >= 0.3 is 5.97 Å². The number of carboxylic acids is 1. The van der Waals surface area contributed by atoms with Crippen molar-refractivity contribution in [1.29, 1.82) is 0 Å². The first-order chi connectivity index (χ1) is 17.9. The van der Waals surface area contributed by atoms with Gasteiger partial charge < -0.3 is 36.1 Å². The molecule has 12 heteroatoms. The van der Waals surface area contributed by atoms with Crippen LogP contribution in [-0.2, 0) is 16.1 Å². The van der Waals surface area contributed by atoms with Gasteiger partial charge in [-0.2, -0.15) is 9.97 Å². The number of rotatable bonds is 11. The number of anilines is 3. The van der Waals surface area contributed by atoms with Crippen molar-refractivity contribution in [3.8, 4) is 0 Å². The van der Waals surface area contributed by atoms with Crippen molar-refractivity contribution >= 4 is 23.6 Å². The first-order valence-electron chi connectivity index (χ1n) is 12.6. The standard InChI is InChI=1S/C25H37N9O3/c26-20(17-34(27)18-24(35)36)15-28-25-30-22(14-23(31-25)33-10-12-37-13-11-33)29-21-6-8-32(9-7-21)16-19-4-2-1-3-5-19/h1-5,14,17,21H,6-13,15-16,18,26-27H2,(H,35,36)(H2,28,29,30,31)/b20-17-. The van der Waals surface area contributed by atoms with Crippen LogP contribution in [0.4, 0.5) is 17.6 Å². The fraction of sp³-hybridized carbons (Fsp3) is 0.480. The summed E-state index contributed by atoms with van der Waals surface area (Å²) in [5, 5.41) is 16.6. The predicted octanol–water partition coefficient (Wildman–Crippen LogP) is 0.862. The summed E-state index contributed by atoms with van der Waals surface area (Å²) < 4.78 is 5.50. The molecule has 4 rings (SSSR count). The third kappa shape index (κ3) is 8.48. The first kappa shape index (κ1) is 26.5. The molecular formula is C25H37N9O3. The molecule has 1 aromatic heterocycles. The van der Waals surface area contributed by atoms with Crippen molar-refractivity contribution < 1.29 is 14.6 Å². The van der Waals surface area contributed by atoms with Crippen LogP contribution < -0.4 is 27.1 Å². The highest BCUT2D eigenvalue weighted by atomic mass is 16.5. The molecule has 2 aromatic rings. The van der Waals surface area contributed by atoms with Gasteiger partial charge in [0, 0.05) is 56.7 Å². The normalized spacial score (nSPS) is 17.4. The van der Waals surface area contributed by atoms with Gasteiger partial charge in [-0.05, 0) is 18.4 Å². The zero-order valence-corrected chi connectivity index (χ0v) is 21.1. The van der Waals surface area contributed by atoms with Gasteiger partial charge in [0.2, 0.25) is 5.95 Å². The van der Waals surface area contributed by atoms with Gasteiger partial charge in [0.05, 0.1) is 19.8 Å². The van der Waals surface area contributed by atoms with Crippen molar-refractivity contribution in [2.24, 2.45) is 11.6 Å². The third-order valence-corrected chi connectivity index (χ3v) is 6.34. The average Bonchev–Trinajstić information content (AvgIpc) is 2.89. The van der Waals surface area contributed by atoms with Crippen LogP contribution in [-0.4, -0.2) is 89.5 Å². The minimum Gasteiger partial charge on any atom is -0.480 e. The smallest absolute Gasteiger partial charge is 0.324 e. The van der Waals surface area contributed by atoms with E-state index in [4.69, 9.17) is 21.4 Å². The van der Waals surface area contributed by atoms with Crippen LogP contribution >= 0.6 is 0 Å². The molecule has 0 radical (unpaired) electrons. The Morgan fingerprint density at radius 2 is 1.89 bits per heavy atom. The summed E-state index contributed by atoms with van der Waals surface area (Å²) >= 11 is 0. The molecule has 0 aliphatic carbocycles. The van der Waals surface area contributed by atoms with Gasteiger partial charge in [-0.15, -0.1) is 0 Å². The summed E-state index contributed by atoms with van der Waals surface area (Å²) in [5.41, 5.74) is 7.72. The lowest BCUT2D eigenvalue weighted by atomic mass is 10.0. The van der Waals surface area contributed by atoms with Crippen LogP contribution in [0.2, 0.25) is 0 Å². The number of likely N-dealkylation sites (tertiary alicyclic amines) is 1. The number of piperidine rings is 1. The van der Waals surface area contributed by atoms with Crippen molar-refractivity contribution in [3.05, 3.63) is 53.9 Å². The van der Waals surface area contributed by atoms with Crippen LogP contribution in [0, 0.1) is 0 Å². The van der Waals surface area contributed by atoms with Crippen LogP contribution in [0.3, 0.4) is 0 Å². The zero-order chi connectivity index (χ0) is 26.0. The van der Waals surface area contributed by atoms with Crippen molar-refractivity contribution in [1.82, 2.24) is 19.9 Å². The summed E-state index contributed by atoms with van der Waals surface area (Å²) in [6.45, 7) is 5.71. The molecule has 1 aromatic carbocycles. The number of benzene rings is 1. The minimum atomic E-state index is -1.04. The molecule has 0 atom stereocenters. The van der Waals surface area contributed by atoms with Crippen molar-refractivity contribution in [2.45, 2.75) is 25.4 Å². The maximum atomic E-state index is 10.8. The Kier molecular flexibility index (Phi) is 9.35. The predicted molar refractivity (Wildman–Crippen MR) is 143 cm³/mol. The minimum absolute atomic E-state index is 0.219. The molecule has 0 spiro atoms. The molecule has 37 heavy (non-hydrogen) atoms. The van der Waals surface area contributed by atoms with E-state index in [1.54, 1.807) is 0 Å². The third-order valence-electron chi connectivity index (χ3n) is 6.34. The van der Waals surface area contributed by atoms with Crippen molar-refractivity contribution in [3.63, 3.8) is 0 Å². The monoisotopic (exact) mass is 511 g/mol. The number of nitrogens with two attached hydrogens (primary N) is 2. The number of nitrogens with zero attached hydrogens (tertiary/aromatic N) is 5. The van der Waals surface area contributed by atoms with Gasteiger partial charge in [-0.3, -0.25) is 9.69 Å². The van der Waals surface area contributed by atoms with Gasteiger partial charge in [0.25, 0.3) is 0 Å². The molecule has 3 heterocycles. The van der Waals surface area contributed by atoms with E-state index in [-0.39, 0.29) is 13.1 Å². The molecular weight excluding hydrogens is 474 g/mol. The van der Waals surface area contributed by atoms with Gasteiger partial charge in [0.15, 0.2) is 0 Å². The number of carbonyl (C=O) groups is 1. The summed E-state index contributed by atoms with van der Waals surface area (Å²) in [4.78, 5) is 24.8. The Balaban J connectivity index is 1.38.